The molecule has 0 amide bonds. The van der Waals surface area contributed by atoms with Crippen LogP contribution in [0, 0.1) is 0 Å². The molecule has 0 unspecified atom stereocenters. The highest BCUT2D eigenvalue weighted by Crippen LogP contribution is 2.34. The molecule has 0 bridgehead atoms. The lowest BCUT2D eigenvalue weighted by Crippen LogP contribution is -2.47. The van der Waals surface area contributed by atoms with Crippen LogP contribution in [0.2, 0.25) is 0 Å². The van der Waals surface area contributed by atoms with Crippen molar-refractivity contribution in [2.75, 3.05) is 12.3 Å². The summed E-state index contributed by atoms with van der Waals surface area (Å²) in [4.78, 5) is 8.19. The fraction of sp³-hybridized carbons (Fsp3) is 0.700. The molecule has 3 nitrogen and oxygen atoms in total. The van der Waals surface area contributed by atoms with E-state index in [0.717, 1.165) is 19.5 Å². The van der Waals surface area contributed by atoms with Crippen LogP contribution in [0.5, 0.6) is 0 Å². The minimum Gasteiger partial charge on any atom is -0.375 e. The molecule has 4 heteroatoms. The minimum atomic E-state index is 0.251. The molecule has 0 aromatic carbocycles. The molecule has 78 valence electrons. The summed E-state index contributed by atoms with van der Waals surface area (Å²) in [5.41, 5.74) is 7.16. The fourth-order valence-corrected chi connectivity index (χ4v) is 3.17. The van der Waals surface area contributed by atoms with E-state index in [9.17, 15) is 0 Å². The van der Waals surface area contributed by atoms with E-state index in [1.165, 1.54) is 10.6 Å². The molecule has 0 atom stereocenters. The van der Waals surface area contributed by atoms with E-state index in [2.05, 4.69) is 30.7 Å². The SMILES string of the molecule is CCN1Cc2nc(N)sc2CC1(C)C. The van der Waals surface area contributed by atoms with Crippen molar-refractivity contribution in [3.8, 4) is 0 Å². The molecular weight excluding hydrogens is 194 g/mol. The van der Waals surface area contributed by atoms with Crippen LogP contribution in [0.15, 0.2) is 0 Å². The van der Waals surface area contributed by atoms with Crippen molar-refractivity contribution in [1.82, 2.24) is 9.88 Å². The molecule has 0 saturated heterocycles. The molecule has 0 saturated carbocycles. The van der Waals surface area contributed by atoms with E-state index >= 15 is 0 Å². The fourth-order valence-electron chi connectivity index (χ4n) is 2.10. The van der Waals surface area contributed by atoms with Crippen molar-refractivity contribution in [1.29, 1.82) is 0 Å². The number of hydrogen-bond donors (Lipinski definition) is 1. The zero-order valence-corrected chi connectivity index (χ0v) is 9.82. The van der Waals surface area contributed by atoms with Gasteiger partial charge in [-0.05, 0) is 20.4 Å². The highest BCUT2D eigenvalue weighted by atomic mass is 32.1. The van der Waals surface area contributed by atoms with Gasteiger partial charge in [-0.2, -0.15) is 0 Å². The van der Waals surface area contributed by atoms with Gasteiger partial charge in [-0.3, -0.25) is 4.90 Å². The van der Waals surface area contributed by atoms with Gasteiger partial charge in [0.25, 0.3) is 0 Å². The third-order valence-electron chi connectivity index (χ3n) is 2.97. The van der Waals surface area contributed by atoms with E-state index in [1.54, 1.807) is 11.3 Å². The second kappa shape index (κ2) is 3.21. The summed E-state index contributed by atoms with van der Waals surface area (Å²) in [6.45, 7) is 8.80. The topological polar surface area (TPSA) is 42.2 Å². The van der Waals surface area contributed by atoms with Gasteiger partial charge in [0.2, 0.25) is 0 Å². The zero-order valence-electron chi connectivity index (χ0n) is 9.00. The molecule has 0 fully saturated rings. The molecule has 0 spiro atoms. The van der Waals surface area contributed by atoms with Crippen molar-refractivity contribution in [3.05, 3.63) is 10.6 Å². The number of likely N-dealkylation sites (N-methyl/N-ethyl adjacent to an activating group) is 1. The summed E-state index contributed by atoms with van der Waals surface area (Å²) in [7, 11) is 0. The average Bonchev–Trinajstić information content (AvgIpc) is 2.40. The Labute approximate surface area is 88.9 Å². The number of fused-ring (bicyclic) bond motifs is 1. The maximum atomic E-state index is 5.72. The average molecular weight is 211 g/mol. The highest BCUT2D eigenvalue weighted by molar-refractivity contribution is 7.15. The molecule has 2 heterocycles. The predicted molar refractivity (Wildman–Crippen MR) is 60.4 cm³/mol. The van der Waals surface area contributed by atoms with Gasteiger partial charge in [0.05, 0.1) is 5.69 Å². The molecule has 0 aliphatic carbocycles. The van der Waals surface area contributed by atoms with Gasteiger partial charge in [-0.15, -0.1) is 11.3 Å². The standard InChI is InChI=1S/C10H17N3S/c1-4-13-6-7-8(5-10(13,2)3)14-9(11)12-7/h4-6H2,1-3H3,(H2,11,12). The normalized spacial score (nSPS) is 20.8. The Hall–Kier alpha value is -0.610. The van der Waals surface area contributed by atoms with Gasteiger partial charge in [0, 0.05) is 23.4 Å². The molecule has 2 N–H and O–H groups in total. The third-order valence-corrected chi connectivity index (χ3v) is 3.89. The van der Waals surface area contributed by atoms with E-state index in [1.807, 2.05) is 0 Å². The lowest BCUT2D eigenvalue weighted by molar-refractivity contribution is 0.105. The largest absolute Gasteiger partial charge is 0.375 e. The van der Waals surface area contributed by atoms with Gasteiger partial charge in [-0.1, -0.05) is 6.92 Å². The molecule has 0 radical (unpaired) electrons. The number of nitrogens with two attached hydrogens (primary N) is 1. The summed E-state index contributed by atoms with van der Waals surface area (Å²) in [6.07, 6.45) is 1.07. The van der Waals surface area contributed by atoms with Crippen LogP contribution in [0.1, 0.15) is 31.3 Å². The summed E-state index contributed by atoms with van der Waals surface area (Å²) < 4.78 is 0. The Morgan fingerprint density at radius 3 is 2.93 bits per heavy atom. The summed E-state index contributed by atoms with van der Waals surface area (Å²) in [6, 6.07) is 0. The Bertz CT molecular complexity index is 343. The van der Waals surface area contributed by atoms with E-state index in [-0.39, 0.29) is 5.54 Å². The highest BCUT2D eigenvalue weighted by Gasteiger charge is 2.33. The first-order valence-corrected chi connectivity index (χ1v) is 5.83. The summed E-state index contributed by atoms with van der Waals surface area (Å²) >= 11 is 1.65. The second-order valence-corrected chi connectivity index (χ2v) is 5.54. The number of thiazole rings is 1. The van der Waals surface area contributed by atoms with Crippen molar-refractivity contribution >= 4 is 16.5 Å². The second-order valence-electron chi connectivity index (χ2n) is 4.43. The lowest BCUT2D eigenvalue weighted by atomic mass is 9.92. The molecule has 2 rings (SSSR count). The van der Waals surface area contributed by atoms with Crippen LogP contribution in [0.4, 0.5) is 5.13 Å². The van der Waals surface area contributed by atoms with Crippen LogP contribution in [0.3, 0.4) is 0 Å². The van der Waals surface area contributed by atoms with Crippen molar-refractivity contribution in [3.63, 3.8) is 0 Å². The summed E-state index contributed by atoms with van der Waals surface area (Å²) in [5, 5.41) is 0.712. The van der Waals surface area contributed by atoms with E-state index < -0.39 is 0 Å². The van der Waals surface area contributed by atoms with Gasteiger partial charge < -0.3 is 5.73 Å². The van der Waals surface area contributed by atoms with Gasteiger partial charge >= 0.3 is 0 Å². The first-order valence-electron chi connectivity index (χ1n) is 5.02. The molecule has 1 aromatic rings. The van der Waals surface area contributed by atoms with Crippen LogP contribution < -0.4 is 5.73 Å². The van der Waals surface area contributed by atoms with Crippen molar-refractivity contribution in [2.24, 2.45) is 0 Å². The van der Waals surface area contributed by atoms with Crippen LogP contribution in [-0.4, -0.2) is 22.0 Å². The van der Waals surface area contributed by atoms with E-state index in [0.29, 0.717) is 5.13 Å². The third kappa shape index (κ3) is 1.53. The number of nitrogens with zero attached hydrogens (tertiary/aromatic N) is 2. The Balaban J connectivity index is 2.34. The Kier molecular flexibility index (Phi) is 2.27. The maximum absolute atomic E-state index is 5.72. The molecule has 14 heavy (non-hydrogen) atoms. The van der Waals surface area contributed by atoms with Crippen molar-refractivity contribution < 1.29 is 0 Å². The number of anilines is 1. The van der Waals surface area contributed by atoms with Crippen molar-refractivity contribution in [2.45, 2.75) is 39.3 Å². The maximum Gasteiger partial charge on any atom is 0.180 e. The van der Waals surface area contributed by atoms with Crippen LogP contribution in [0.25, 0.3) is 0 Å². The van der Waals surface area contributed by atoms with Crippen LogP contribution in [-0.2, 0) is 13.0 Å². The number of hydrogen-bond acceptors (Lipinski definition) is 4. The predicted octanol–water partition coefficient (Wildman–Crippen LogP) is 1.88. The van der Waals surface area contributed by atoms with Gasteiger partial charge in [0.1, 0.15) is 0 Å². The summed E-state index contributed by atoms with van der Waals surface area (Å²) in [5.74, 6) is 0. The number of nitrogen functional groups attached to an aromatic ring is 1. The molecule has 1 aromatic heterocycles. The molecule has 1 aliphatic heterocycles. The first-order chi connectivity index (χ1) is 6.53. The Morgan fingerprint density at radius 1 is 1.57 bits per heavy atom. The zero-order chi connectivity index (χ0) is 10.3. The molecular formula is C10H17N3S. The van der Waals surface area contributed by atoms with Crippen LogP contribution >= 0.6 is 11.3 Å². The monoisotopic (exact) mass is 211 g/mol. The molecule has 1 aliphatic rings. The Morgan fingerprint density at radius 2 is 2.29 bits per heavy atom. The first kappa shape index (κ1) is 9.93. The number of aromatic nitrogens is 1. The lowest BCUT2D eigenvalue weighted by Gasteiger charge is -2.40. The van der Waals surface area contributed by atoms with E-state index in [4.69, 9.17) is 5.73 Å². The number of rotatable bonds is 1. The quantitative estimate of drug-likeness (QED) is 0.771. The minimum absolute atomic E-state index is 0.251. The van der Waals surface area contributed by atoms with Gasteiger partial charge in [-0.25, -0.2) is 4.98 Å². The smallest absolute Gasteiger partial charge is 0.180 e. The van der Waals surface area contributed by atoms with Gasteiger partial charge in [0.15, 0.2) is 5.13 Å².